The van der Waals surface area contributed by atoms with Crippen LogP contribution < -0.4 is 10.6 Å². The zero-order chi connectivity index (χ0) is 11.7. The second kappa shape index (κ2) is 4.37. The predicted molar refractivity (Wildman–Crippen MR) is 61.4 cm³/mol. The summed E-state index contributed by atoms with van der Waals surface area (Å²) in [6, 6.07) is 3.33. The highest BCUT2D eigenvalue weighted by Gasteiger charge is 2.27. The Morgan fingerprint density at radius 2 is 2.38 bits per heavy atom. The lowest BCUT2D eigenvalue weighted by atomic mass is 10.1. The number of amides is 1. The number of hydrogen-bond donors (Lipinski definition) is 1. The first-order valence-electron chi connectivity index (χ1n) is 4.94. The smallest absolute Gasteiger partial charge is 0.229 e. The molecule has 0 saturated carbocycles. The van der Waals surface area contributed by atoms with E-state index in [1.807, 2.05) is 4.90 Å². The Labute approximate surface area is 101 Å². The Morgan fingerprint density at radius 3 is 2.94 bits per heavy atom. The first-order valence-corrected chi connectivity index (χ1v) is 5.73. The minimum atomic E-state index is -0.542. The summed E-state index contributed by atoms with van der Waals surface area (Å²) < 4.78 is 13.5. The van der Waals surface area contributed by atoms with E-state index in [1.54, 1.807) is 12.1 Å². The SMILES string of the molecule is NC(=O)[C@H]1CCN(c2ccc(Br)c(F)n2)C1. The van der Waals surface area contributed by atoms with Gasteiger partial charge in [0, 0.05) is 13.1 Å². The molecule has 1 aliphatic heterocycles. The maximum atomic E-state index is 13.2. The van der Waals surface area contributed by atoms with E-state index >= 15 is 0 Å². The van der Waals surface area contributed by atoms with Crippen molar-refractivity contribution in [3.63, 3.8) is 0 Å². The number of pyridine rings is 1. The molecule has 86 valence electrons. The molecule has 0 radical (unpaired) electrons. The van der Waals surface area contributed by atoms with Crippen molar-refractivity contribution < 1.29 is 9.18 Å². The summed E-state index contributed by atoms with van der Waals surface area (Å²) in [6.07, 6.45) is 0.703. The maximum Gasteiger partial charge on any atom is 0.229 e. The van der Waals surface area contributed by atoms with Gasteiger partial charge in [0.2, 0.25) is 11.9 Å². The van der Waals surface area contributed by atoms with Crippen LogP contribution in [-0.4, -0.2) is 24.0 Å². The number of anilines is 1. The summed E-state index contributed by atoms with van der Waals surface area (Å²) in [5.74, 6) is -0.460. The van der Waals surface area contributed by atoms with Gasteiger partial charge in [-0.2, -0.15) is 4.39 Å². The molecule has 4 nitrogen and oxygen atoms in total. The fourth-order valence-electron chi connectivity index (χ4n) is 1.78. The molecule has 0 aliphatic carbocycles. The van der Waals surface area contributed by atoms with E-state index in [2.05, 4.69) is 20.9 Å². The van der Waals surface area contributed by atoms with Crippen LogP contribution in [0.15, 0.2) is 16.6 Å². The van der Waals surface area contributed by atoms with Crippen LogP contribution >= 0.6 is 15.9 Å². The van der Waals surface area contributed by atoms with Gasteiger partial charge >= 0.3 is 0 Å². The molecule has 16 heavy (non-hydrogen) atoms. The summed E-state index contributed by atoms with van der Waals surface area (Å²) >= 11 is 3.04. The minimum Gasteiger partial charge on any atom is -0.369 e. The van der Waals surface area contributed by atoms with Gasteiger partial charge in [0.05, 0.1) is 10.4 Å². The van der Waals surface area contributed by atoms with Gasteiger partial charge in [0.15, 0.2) is 0 Å². The lowest BCUT2D eigenvalue weighted by Gasteiger charge is -2.16. The molecule has 0 aromatic carbocycles. The fourth-order valence-corrected chi connectivity index (χ4v) is 2.01. The van der Waals surface area contributed by atoms with Gasteiger partial charge in [-0.1, -0.05) is 0 Å². The summed E-state index contributed by atoms with van der Waals surface area (Å²) in [6.45, 7) is 1.20. The molecule has 2 heterocycles. The number of primary amides is 1. The van der Waals surface area contributed by atoms with Gasteiger partial charge in [-0.05, 0) is 34.5 Å². The van der Waals surface area contributed by atoms with E-state index in [4.69, 9.17) is 5.73 Å². The van der Waals surface area contributed by atoms with Crippen LogP contribution in [0.2, 0.25) is 0 Å². The largest absolute Gasteiger partial charge is 0.369 e. The standard InChI is InChI=1S/C10H11BrFN3O/c11-7-1-2-8(14-9(7)12)15-4-3-6(5-15)10(13)16/h1-2,6H,3-5H2,(H2,13,16)/t6-/m0/s1. The molecule has 1 aliphatic rings. The van der Waals surface area contributed by atoms with Crippen LogP contribution in [0, 0.1) is 11.9 Å². The summed E-state index contributed by atoms with van der Waals surface area (Å²) in [7, 11) is 0. The topological polar surface area (TPSA) is 59.2 Å². The van der Waals surface area contributed by atoms with E-state index in [1.165, 1.54) is 0 Å². The van der Waals surface area contributed by atoms with Crippen molar-refractivity contribution >= 4 is 27.7 Å². The number of carbonyl (C=O) groups is 1. The molecule has 2 N–H and O–H groups in total. The Kier molecular flexibility index (Phi) is 3.09. The number of hydrogen-bond acceptors (Lipinski definition) is 3. The third-order valence-electron chi connectivity index (χ3n) is 2.70. The van der Waals surface area contributed by atoms with Crippen molar-refractivity contribution in [2.24, 2.45) is 11.7 Å². The molecule has 1 aromatic heterocycles. The number of carbonyl (C=O) groups excluding carboxylic acids is 1. The van der Waals surface area contributed by atoms with Crippen LogP contribution in [0.5, 0.6) is 0 Å². The first kappa shape index (κ1) is 11.3. The molecule has 0 spiro atoms. The van der Waals surface area contributed by atoms with Crippen LogP contribution in [0.1, 0.15) is 6.42 Å². The second-order valence-corrected chi connectivity index (χ2v) is 4.63. The van der Waals surface area contributed by atoms with Crippen LogP contribution in [0.3, 0.4) is 0 Å². The maximum absolute atomic E-state index is 13.2. The highest BCUT2D eigenvalue weighted by molar-refractivity contribution is 9.10. The lowest BCUT2D eigenvalue weighted by Crippen LogP contribution is -2.27. The lowest BCUT2D eigenvalue weighted by molar-refractivity contribution is -0.121. The van der Waals surface area contributed by atoms with Crippen LogP contribution in [-0.2, 0) is 4.79 Å². The van der Waals surface area contributed by atoms with Crippen molar-refractivity contribution in [2.45, 2.75) is 6.42 Å². The number of aromatic nitrogens is 1. The van der Waals surface area contributed by atoms with Crippen molar-refractivity contribution in [2.75, 3.05) is 18.0 Å². The monoisotopic (exact) mass is 287 g/mol. The minimum absolute atomic E-state index is 0.159. The molecule has 1 aromatic rings. The molecule has 0 bridgehead atoms. The number of nitrogens with zero attached hydrogens (tertiary/aromatic N) is 2. The quantitative estimate of drug-likeness (QED) is 0.834. The van der Waals surface area contributed by atoms with E-state index < -0.39 is 5.95 Å². The van der Waals surface area contributed by atoms with Gasteiger partial charge in [-0.25, -0.2) is 4.98 Å². The van der Waals surface area contributed by atoms with Crippen molar-refractivity contribution in [3.05, 3.63) is 22.6 Å². The zero-order valence-electron chi connectivity index (χ0n) is 8.49. The fraction of sp³-hybridized carbons (Fsp3) is 0.400. The van der Waals surface area contributed by atoms with Gasteiger partial charge in [-0.15, -0.1) is 0 Å². The van der Waals surface area contributed by atoms with Crippen LogP contribution in [0.25, 0.3) is 0 Å². The van der Waals surface area contributed by atoms with Gasteiger partial charge in [0.1, 0.15) is 5.82 Å². The molecule has 0 unspecified atom stereocenters. The molecular formula is C10H11BrFN3O. The van der Waals surface area contributed by atoms with Crippen molar-refractivity contribution in [1.82, 2.24) is 4.98 Å². The number of halogens is 2. The Morgan fingerprint density at radius 1 is 1.62 bits per heavy atom. The van der Waals surface area contributed by atoms with E-state index in [0.29, 0.717) is 29.8 Å². The van der Waals surface area contributed by atoms with E-state index in [0.717, 1.165) is 0 Å². The normalized spacial score (nSPS) is 20.1. The third-order valence-corrected chi connectivity index (χ3v) is 3.29. The Bertz CT molecular complexity index is 427. The average molecular weight is 288 g/mol. The average Bonchev–Trinajstić information content (AvgIpc) is 2.71. The molecule has 6 heteroatoms. The molecule has 1 fully saturated rings. The predicted octanol–water partition coefficient (Wildman–Crippen LogP) is 1.29. The molecule has 1 amide bonds. The first-order chi connectivity index (χ1) is 7.58. The number of nitrogens with two attached hydrogens (primary N) is 1. The summed E-state index contributed by atoms with van der Waals surface area (Å²) in [5, 5.41) is 0. The van der Waals surface area contributed by atoms with Gasteiger partial charge in [-0.3, -0.25) is 4.79 Å². The second-order valence-electron chi connectivity index (χ2n) is 3.78. The summed E-state index contributed by atoms with van der Waals surface area (Å²) in [5.41, 5.74) is 5.22. The highest BCUT2D eigenvalue weighted by Crippen LogP contribution is 2.24. The van der Waals surface area contributed by atoms with E-state index in [9.17, 15) is 9.18 Å². The Hall–Kier alpha value is -1.17. The molecule has 1 saturated heterocycles. The highest BCUT2D eigenvalue weighted by atomic mass is 79.9. The third kappa shape index (κ3) is 2.16. The summed E-state index contributed by atoms with van der Waals surface area (Å²) in [4.78, 5) is 16.7. The molecular weight excluding hydrogens is 277 g/mol. The van der Waals surface area contributed by atoms with Crippen LogP contribution in [0.4, 0.5) is 10.2 Å². The van der Waals surface area contributed by atoms with Gasteiger partial charge < -0.3 is 10.6 Å². The van der Waals surface area contributed by atoms with Crippen molar-refractivity contribution in [3.8, 4) is 0 Å². The van der Waals surface area contributed by atoms with Gasteiger partial charge in [0.25, 0.3) is 0 Å². The molecule has 1 atom stereocenters. The number of rotatable bonds is 2. The van der Waals surface area contributed by atoms with E-state index in [-0.39, 0.29) is 11.8 Å². The molecule has 2 rings (SSSR count). The van der Waals surface area contributed by atoms with Crippen molar-refractivity contribution in [1.29, 1.82) is 0 Å². The Balaban J connectivity index is 2.14. The zero-order valence-corrected chi connectivity index (χ0v) is 10.1.